The van der Waals surface area contributed by atoms with Crippen LogP contribution in [0.15, 0.2) is 24.5 Å². The molecule has 1 atom stereocenters. The van der Waals surface area contributed by atoms with Gasteiger partial charge in [-0.05, 0) is 49.1 Å². The first-order valence-electron chi connectivity index (χ1n) is 9.74. The number of hydrogen-bond acceptors (Lipinski definition) is 4. The molecule has 2 aliphatic rings. The fourth-order valence-electron chi connectivity index (χ4n) is 4.13. The molecule has 1 unspecified atom stereocenters. The van der Waals surface area contributed by atoms with Gasteiger partial charge in [-0.15, -0.1) is 0 Å². The third-order valence-corrected chi connectivity index (χ3v) is 6.03. The molecule has 0 aromatic carbocycles. The summed E-state index contributed by atoms with van der Waals surface area (Å²) < 4.78 is 0. The van der Waals surface area contributed by atoms with E-state index < -0.39 is 0 Å². The summed E-state index contributed by atoms with van der Waals surface area (Å²) in [5, 5.41) is 0. The quantitative estimate of drug-likeness (QED) is 0.867. The Labute approximate surface area is 155 Å². The molecule has 1 aromatic heterocycles. The zero-order valence-corrected chi connectivity index (χ0v) is 15.7. The average molecular weight is 358 g/mol. The summed E-state index contributed by atoms with van der Waals surface area (Å²) in [6.45, 7) is 5.03. The van der Waals surface area contributed by atoms with Crippen molar-refractivity contribution >= 4 is 11.8 Å². The van der Waals surface area contributed by atoms with Gasteiger partial charge in [-0.2, -0.15) is 0 Å². The second kappa shape index (κ2) is 8.16. The summed E-state index contributed by atoms with van der Waals surface area (Å²) in [5.74, 6) is 0.327. The van der Waals surface area contributed by atoms with Gasteiger partial charge in [-0.3, -0.25) is 14.6 Å². The number of pyridine rings is 1. The number of nitrogens with zero attached hydrogens (tertiary/aromatic N) is 3. The summed E-state index contributed by atoms with van der Waals surface area (Å²) in [6.07, 6.45) is 8.64. The zero-order chi connectivity index (χ0) is 18.6. The number of amides is 2. The van der Waals surface area contributed by atoms with Crippen LogP contribution in [-0.4, -0.2) is 58.8 Å². The maximum absolute atomic E-state index is 12.4. The fourth-order valence-corrected chi connectivity index (χ4v) is 4.13. The van der Waals surface area contributed by atoms with Gasteiger partial charge in [0.05, 0.1) is 6.04 Å². The number of rotatable bonds is 5. The number of aromatic nitrogens is 1. The highest BCUT2D eigenvalue weighted by Crippen LogP contribution is 2.40. The smallest absolute Gasteiger partial charge is 0.239 e. The Balaban J connectivity index is 1.56. The Kier molecular flexibility index (Phi) is 5.91. The van der Waals surface area contributed by atoms with Crippen molar-refractivity contribution in [2.45, 2.75) is 51.5 Å². The Morgan fingerprint density at radius 3 is 2.77 bits per heavy atom. The predicted molar refractivity (Wildman–Crippen MR) is 100 cm³/mol. The molecule has 2 amide bonds. The van der Waals surface area contributed by atoms with Crippen LogP contribution in [0, 0.1) is 5.41 Å². The summed E-state index contributed by atoms with van der Waals surface area (Å²) in [5.41, 5.74) is 7.23. The number of carbonyl (C=O) groups is 2. The Morgan fingerprint density at radius 2 is 2.12 bits per heavy atom. The van der Waals surface area contributed by atoms with Crippen molar-refractivity contribution in [1.82, 2.24) is 14.8 Å². The molecule has 1 aromatic rings. The molecule has 0 saturated carbocycles. The molecule has 0 radical (unpaired) electrons. The van der Waals surface area contributed by atoms with E-state index in [9.17, 15) is 9.59 Å². The lowest BCUT2D eigenvalue weighted by Crippen LogP contribution is -2.54. The van der Waals surface area contributed by atoms with Gasteiger partial charge in [0.15, 0.2) is 0 Å². The minimum Gasteiger partial charge on any atom is -0.342 e. The highest BCUT2D eigenvalue weighted by molar-refractivity contribution is 5.81. The van der Waals surface area contributed by atoms with Gasteiger partial charge < -0.3 is 15.5 Å². The summed E-state index contributed by atoms with van der Waals surface area (Å²) in [7, 11) is 0. The minimum atomic E-state index is -0.382. The van der Waals surface area contributed by atoms with Crippen molar-refractivity contribution in [2.24, 2.45) is 11.1 Å². The lowest BCUT2D eigenvalue weighted by Gasteiger charge is -2.47. The van der Waals surface area contributed by atoms with Gasteiger partial charge in [0.1, 0.15) is 0 Å². The number of hydrogen-bond donors (Lipinski definition) is 1. The van der Waals surface area contributed by atoms with E-state index >= 15 is 0 Å². The van der Waals surface area contributed by atoms with Gasteiger partial charge in [-0.1, -0.05) is 13.0 Å². The minimum absolute atomic E-state index is 0.0719. The normalized spacial score (nSPS) is 21.1. The van der Waals surface area contributed by atoms with Crippen molar-refractivity contribution in [3.05, 3.63) is 30.1 Å². The fraction of sp³-hybridized carbons (Fsp3) is 0.650. The molecule has 142 valence electrons. The lowest BCUT2D eigenvalue weighted by molar-refractivity contribution is -0.143. The first-order valence-corrected chi connectivity index (χ1v) is 9.74. The number of likely N-dealkylation sites (tertiary alicyclic amines) is 2. The van der Waals surface area contributed by atoms with Crippen LogP contribution < -0.4 is 5.73 Å². The lowest BCUT2D eigenvalue weighted by atomic mass is 9.72. The van der Waals surface area contributed by atoms with E-state index in [1.165, 1.54) is 0 Å². The zero-order valence-electron chi connectivity index (χ0n) is 15.7. The van der Waals surface area contributed by atoms with Crippen LogP contribution in [0.25, 0.3) is 0 Å². The Bertz CT molecular complexity index is 626. The molecule has 0 bridgehead atoms. The van der Waals surface area contributed by atoms with Gasteiger partial charge >= 0.3 is 0 Å². The SMILES string of the molecule is CCC(N)C(=O)N1CCC2(CCC(=O)N(CCc3cccnc3)C2)CC1. The van der Waals surface area contributed by atoms with Crippen LogP contribution in [0.2, 0.25) is 0 Å². The maximum atomic E-state index is 12.4. The van der Waals surface area contributed by atoms with Crippen molar-refractivity contribution in [1.29, 1.82) is 0 Å². The van der Waals surface area contributed by atoms with Crippen LogP contribution >= 0.6 is 0 Å². The molecule has 2 fully saturated rings. The Morgan fingerprint density at radius 1 is 1.35 bits per heavy atom. The van der Waals surface area contributed by atoms with Gasteiger partial charge in [0, 0.05) is 45.0 Å². The molecular formula is C20H30N4O2. The van der Waals surface area contributed by atoms with E-state index in [1.54, 1.807) is 6.20 Å². The summed E-state index contributed by atoms with van der Waals surface area (Å²) in [6, 6.07) is 3.61. The molecular weight excluding hydrogens is 328 g/mol. The molecule has 0 aliphatic carbocycles. The molecule has 3 heterocycles. The molecule has 6 nitrogen and oxygen atoms in total. The second-order valence-electron chi connectivity index (χ2n) is 7.77. The van der Waals surface area contributed by atoms with Gasteiger partial charge in [0.25, 0.3) is 0 Å². The van der Waals surface area contributed by atoms with E-state index in [0.717, 1.165) is 57.4 Å². The molecule has 2 N–H and O–H groups in total. The van der Waals surface area contributed by atoms with Crippen LogP contribution in [0.5, 0.6) is 0 Å². The first kappa shape index (κ1) is 18.8. The summed E-state index contributed by atoms with van der Waals surface area (Å²) >= 11 is 0. The number of piperidine rings is 2. The summed E-state index contributed by atoms with van der Waals surface area (Å²) in [4.78, 5) is 32.8. The second-order valence-corrected chi connectivity index (χ2v) is 7.77. The monoisotopic (exact) mass is 358 g/mol. The number of nitrogens with two attached hydrogens (primary N) is 1. The highest BCUT2D eigenvalue weighted by Gasteiger charge is 2.41. The largest absolute Gasteiger partial charge is 0.342 e. The van der Waals surface area contributed by atoms with E-state index in [2.05, 4.69) is 11.1 Å². The molecule has 26 heavy (non-hydrogen) atoms. The van der Waals surface area contributed by atoms with Crippen molar-refractivity contribution in [3.63, 3.8) is 0 Å². The van der Waals surface area contributed by atoms with Gasteiger partial charge in [-0.25, -0.2) is 0 Å². The van der Waals surface area contributed by atoms with Crippen molar-refractivity contribution in [2.75, 3.05) is 26.2 Å². The Hall–Kier alpha value is -1.95. The molecule has 1 spiro atoms. The van der Waals surface area contributed by atoms with E-state index in [0.29, 0.717) is 12.8 Å². The number of carbonyl (C=O) groups excluding carboxylic acids is 2. The predicted octanol–water partition coefficient (Wildman–Crippen LogP) is 1.59. The average Bonchev–Trinajstić information content (AvgIpc) is 2.69. The van der Waals surface area contributed by atoms with E-state index in [-0.39, 0.29) is 23.3 Å². The van der Waals surface area contributed by atoms with Gasteiger partial charge in [0.2, 0.25) is 11.8 Å². The molecule has 3 rings (SSSR count). The third kappa shape index (κ3) is 4.23. The van der Waals surface area contributed by atoms with E-state index in [1.807, 2.05) is 29.0 Å². The van der Waals surface area contributed by atoms with Crippen LogP contribution in [0.3, 0.4) is 0 Å². The van der Waals surface area contributed by atoms with Crippen LogP contribution in [0.1, 0.15) is 44.6 Å². The third-order valence-electron chi connectivity index (χ3n) is 6.03. The van der Waals surface area contributed by atoms with Crippen LogP contribution in [-0.2, 0) is 16.0 Å². The van der Waals surface area contributed by atoms with Crippen molar-refractivity contribution in [3.8, 4) is 0 Å². The maximum Gasteiger partial charge on any atom is 0.239 e. The van der Waals surface area contributed by atoms with E-state index in [4.69, 9.17) is 5.73 Å². The molecule has 2 aliphatic heterocycles. The topological polar surface area (TPSA) is 79.5 Å². The molecule has 6 heteroatoms. The van der Waals surface area contributed by atoms with Crippen molar-refractivity contribution < 1.29 is 9.59 Å². The molecule has 2 saturated heterocycles. The standard InChI is InChI=1S/C20H30N4O2/c1-2-17(21)19(26)23-12-8-20(9-13-23)7-5-18(25)24(15-20)11-6-16-4-3-10-22-14-16/h3-4,10,14,17H,2,5-9,11-13,15,21H2,1H3. The first-order chi connectivity index (χ1) is 12.5. The van der Waals surface area contributed by atoms with Crippen LogP contribution in [0.4, 0.5) is 0 Å². The highest BCUT2D eigenvalue weighted by atomic mass is 16.2.